The number of benzene rings is 1. The Hall–Kier alpha value is -2.51. The molecular formula is C23H27N3O3S. The Balaban J connectivity index is 1.39. The van der Waals surface area contributed by atoms with E-state index in [1.54, 1.807) is 0 Å². The Morgan fingerprint density at radius 1 is 1.20 bits per heavy atom. The number of aromatic nitrogens is 2. The van der Waals surface area contributed by atoms with Gasteiger partial charge in [-0.05, 0) is 44.2 Å². The van der Waals surface area contributed by atoms with Gasteiger partial charge in [-0.3, -0.25) is 14.2 Å². The van der Waals surface area contributed by atoms with E-state index in [9.17, 15) is 14.7 Å². The monoisotopic (exact) mass is 425 g/mol. The minimum atomic E-state index is -1.01. The van der Waals surface area contributed by atoms with Crippen LogP contribution >= 0.6 is 11.3 Å². The number of fused-ring (bicyclic) bond motifs is 1. The zero-order chi connectivity index (χ0) is 21.3. The molecule has 1 aliphatic rings. The zero-order valence-electron chi connectivity index (χ0n) is 17.4. The second-order valence-corrected chi connectivity index (χ2v) is 9.43. The molecular weight excluding hydrogens is 398 g/mol. The van der Waals surface area contributed by atoms with E-state index in [0.717, 1.165) is 27.3 Å². The zero-order valence-corrected chi connectivity index (χ0v) is 18.2. The summed E-state index contributed by atoms with van der Waals surface area (Å²) < 4.78 is 1.52. The van der Waals surface area contributed by atoms with Crippen molar-refractivity contribution in [2.24, 2.45) is 0 Å². The first-order valence-corrected chi connectivity index (χ1v) is 11.2. The number of likely N-dealkylation sites (tertiary alicyclic amines) is 1. The van der Waals surface area contributed by atoms with E-state index in [1.807, 2.05) is 49.1 Å². The lowest BCUT2D eigenvalue weighted by Gasteiger charge is -2.38. The first-order valence-electron chi connectivity index (χ1n) is 10.4. The predicted molar refractivity (Wildman–Crippen MR) is 119 cm³/mol. The van der Waals surface area contributed by atoms with Gasteiger partial charge in [0.15, 0.2) is 0 Å². The van der Waals surface area contributed by atoms with E-state index in [4.69, 9.17) is 0 Å². The highest BCUT2D eigenvalue weighted by atomic mass is 32.1. The lowest BCUT2D eigenvalue weighted by atomic mass is 9.91. The summed E-state index contributed by atoms with van der Waals surface area (Å²) in [5.74, 6) is 0.116. The van der Waals surface area contributed by atoms with Crippen LogP contribution in [0.3, 0.4) is 0 Å². The van der Waals surface area contributed by atoms with Gasteiger partial charge in [0.2, 0.25) is 5.91 Å². The molecule has 3 aromatic rings. The van der Waals surface area contributed by atoms with Crippen LogP contribution in [0.4, 0.5) is 0 Å². The van der Waals surface area contributed by atoms with Crippen molar-refractivity contribution in [1.82, 2.24) is 14.5 Å². The van der Waals surface area contributed by atoms with Crippen LogP contribution in [0.15, 0.2) is 41.5 Å². The SMILES string of the molecule is Cc1sc2ncn(CC3(O)CCN(C(=O)CCc4ccccc4)CC3)c(=O)c2c1C. The largest absolute Gasteiger partial charge is 0.388 e. The van der Waals surface area contributed by atoms with Crippen molar-refractivity contribution in [3.8, 4) is 0 Å². The highest BCUT2D eigenvalue weighted by Gasteiger charge is 2.34. The number of amides is 1. The number of aliphatic hydroxyl groups is 1. The molecule has 30 heavy (non-hydrogen) atoms. The average molecular weight is 426 g/mol. The molecule has 1 aromatic carbocycles. The van der Waals surface area contributed by atoms with E-state index in [2.05, 4.69) is 4.98 Å². The Morgan fingerprint density at radius 3 is 2.60 bits per heavy atom. The topological polar surface area (TPSA) is 75.4 Å². The minimum Gasteiger partial charge on any atom is -0.388 e. The molecule has 1 fully saturated rings. The van der Waals surface area contributed by atoms with Crippen LogP contribution in [0.1, 0.15) is 35.3 Å². The quantitative estimate of drug-likeness (QED) is 0.682. The lowest BCUT2D eigenvalue weighted by molar-refractivity contribution is -0.135. The number of hydrogen-bond acceptors (Lipinski definition) is 5. The molecule has 4 rings (SSSR count). The highest BCUT2D eigenvalue weighted by molar-refractivity contribution is 7.18. The summed E-state index contributed by atoms with van der Waals surface area (Å²) in [7, 11) is 0. The van der Waals surface area contributed by atoms with Crippen molar-refractivity contribution in [2.75, 3.05) is 13.1 Å². The maximum atomic E-state index is 12.9. The summed E-state index contributed by atoms with van der Waals surface area (Å²) in [4.78, 5) is 33.6. The molecule has 1 N–H and O–H groups in total. The van der Waals surface area contributed by atoms with Crippen LogP contribution in [0.25, 0.3) is 10.2 Å². The van der Waals surface area contributed by atoms with Crippen molar-refractivity contribution >= 4 is 27.5 Å². The van der Waals surface area contributed by atoms with Crippen LogP contribution in [0.5, 0.6) is 0 Å². The van der Waals surface area contributed by atoms with Crippen molar-refractivity contribution in [1.29, 1.82) is 0 Å². The number of rotatable bonds is 5. The standard InChI is InChI=1S/C23H27N3O3S/c1-16-17(2)30-21-20(16)22(28)26(15-24-21)14-23(29)10-12-25(13-11-23)19(27)9-8-18-6-4-3-5-7-18/h3-7,15,29H,8-14H2,1-2H3. The fraction of sp³-hybridized carbons (Fsp3) is 0.435. The normalized spacial score (nSPS) is 16.2. The Kier molecular flexibility index (Phi) is 5.75. The number of aryl methyl sites for hydroxylation is 3. The fourth-order valence-electron chi connectivity index (χ4n) is 4.08. The van der Waals surface area contributed by atoms with E-state index < -0.39 is 5.60 Å². The molecule has 2 aromatic heterocycles. The second-order valence-electron chi connectivity index (χ2n) is 8.23. The maximum absolute atomic E-state index is 12.9. The third-order valence-electron chi connectivity index (χ3n) is 6.14. The van der Waals surface area contributed by atoms with E-state index >= 15 is 0 Å². The molecule has 3 heterocycles. The van der Waals surface area contributed by atoms with Crippen LogP contribution in [-0.2, 0) is 17.8 Å². The molecule has 0 radical (unpaired) electrons. The van der Waals surface area contributed by atoms with Crippen molar-refractivity contribution in [3.05, 3.63) is 63.0 Å². The van der Waals surface area contributed by atoms with Gasteiger partial charge in [0.1, 0.15) is 4.83 Å². The number of thiophene rings is 1. The molecule has 1 amide bonds. The molecule has 158 valence electrons. The summed E-state index contributed by atoms with van der Waals surface area (Å²) in [6.07, 6.45) is 3.64. The van der Waals surface area contributed by atoms with Gasteiger partial charge in [-0.2, -0.15) is 0 Å². The number of piperidine rings is 1. The van der Waals surface area contributed by atoms with E-state index in [-0.39, 0.29) is 18.0 Å². The van der Waals surface area contributed by atoms with Crippen molar-refractivity contribution in [2.45, 2.75) is 51.7 Å². The van der Waals surface area contributed by atoms with Gasteiger partial charge in [0.25, 0.3) is 5.56 Å². The molecule has 0 bridgehead atoms. The molecule has 0 spiro atoms. The van der Waals surface area contributed by atoms with Crippen molar-refractivity contribution < 1.29 is 9.90 Å². The molecule has 0 atom stereocenters. The van der Waals surface area contributed by atoms with Gasteiger partial charge in [0.05, 0.1) is 23.9 Å². The fourth-order valence-corrected chi connectivity index (χ4v) is 5.07. The van der Waals surface area contributed by atoms with Gasteiger partial charge in [0, 0.05) is 24.4 Å². The second kappa shape index (κ2) is 8.32. The summed E-state index contributed by atoms with van der Waals surface area (Å²) in [5.41, 5.74) is 1.01. The number of carbonyl (C=O) groups excluding carboxylic acids is 1. The minimum absolute atomic E-state index is 0.100. The van der Waals surface area contributed by atoms with Gasteiger partial charge in [-0.25, -0.2) is 4.98 Å². The summed E-state index contributed by atoms with van der Waals surface area (Å²) >= 11 is 1.52. The number of nitrogens with zero attached hydrogens (tertiary/aromatic N) is 3. The first-order chi connectivity index (χ1) is 14.4. The molecule has 7 heteroatoms. The third kappa shape index (κ3) is 4.18. The smallest absolute Gasteiger partial charge is 0.262 e. The Labute approximate surface area is 179 Å². The van der Waals surface area contributed by atoms with Crippen LogP contribution in [0.2, 0.25) is 0 Å². The highest BCUT2D eigenvalue weighted by Crippen LogP contribution is 2.27. The van der Waals surface area contributed by atoms with Gasteiger partial charge < -0.3 is 10.0 Å². The van der Waals surface area contributed by atoms with Crippen LogP contribution < -0.4 is 5.56 Å². The first kappa shape index (κ1) is 20.8. The summed E-state index contributed by atoms with van der Waals surface area (Å²) in [5, 5.41) is 11.7. The summed E-state index contributed by atoms with van der Waals surface area (Å²) in [6, 6.07) is 9.99. The maximum Gasteiger partial charge on any atom is 0.262 e. The predicted octanol–water partition coefficient (Wildman–Crippen LogP) is 3.06. The molecule has 0 unspecified atom stereocenters. The lowest BCUT2D eigenvalue weighted by Crippen LogP contribution is -2.49. The van der Waals surface area contributed by atoms with Gasteiger partial charge >= 0.3 is 0 Å². The number of carbonyl (C=O) groups is 1. The molecule has 0 saturated carbocycles. The molecule has 0 aliphatic carbocycles. The van der Waals surface area contributed by atoms with Crippen LogP contribution in [-0.4, -0.2) is 44.2 Å². The third-order valence-corrected chi connectivity index (χ3v) is 7.25. The van der Waals surface area contributed by atoms with E-state index in [1.165, 1.54) is 22.2 Å². The Morgan fingerprint density at radius 2 is 1.90 bits per heavy atom. The van der Waals surface area contributed by atoms with Crippen molar-refractivity contribution in [3.63, 3.8) is 0 Å². The van der Waals surface area contributed by atoms with E-state index in [0.29, 0.717) is 37.7 Å². The van der Waals surface area contributed by atoms with Crippen LogP contribution in [0, 0.1) is 13.8 Å². The number of hydrogen-bond donors (Lipinski definition) is 1. The molecule has 1 aliphatic heterocycles. The van der Waals surface area contributed by atoms with Gasteiger partial charge in [-0.15, -0.1) is 11.3 Å². The summed E-state index contributed by atoms with van der Waals surface area (Å²) in [6.45, 7) is 5.14. The van der Waals surface area contributed by atoms with Gasteiger partial charge in [-0.1, -0.05) is 30.3 Å². The molecule has 6 nitrogen and oxygen atoms in total. The Bertz CT molecular complexity index is 1110. The molecule has 1 saturated heterocycles. The average Bonchev–Trinajstić information content (AvgIpc) is 3.04.